The molecule has 0 amide bonds. The molecule has 0 aromatic rings. The monoisotopic (exact) mass is 278 g/mol. The van der Waals surface area contributed by atoms with Gasteiger partial charge in [-0.15, -0.1) is 11.6 Å². The van der Waals surface area contributed by atoms with Crippen LogP contribution in [0.15, 0.2) is 0 Å². The van der Waals surface area contributed by atoms with Crippen LogP contribution < -0.4 is 0 Å². The molecule has 0 aliphatic rings. The molecule has 0 aliphatic carbocycles. The molecule has 0 atom stereocenters. The molecule has 0 heterocycles. The normalized spacial score (nSPS) is 6.17. The maximum atomic E-state index is 9.24. The molecule has 0 saturated carbocycles. The van der Waals surface area contributed by atoms with Crippen LogP contribution in [0.1, 0.15) is 0 Å². The number of rotatable bonds is 1. The molecule has 4 heteroatoms. The van der Waals surface area contributed by atoms with E-state index in [1.165, 1.54) is 0 Å². The van der Waals surface area contributed by atoms with E-state index in [4.69, 9.17) is 16.7 Å². The van der Waals surface area contributed by atoms with Gasteiger partial charge in [-0.3, -0.25) is 4.79 Å². The summed E-state index contributed by atoms with van der Waals surface area (Å²) in [6.45, 7) is 0. The van der Waals surface area contributed by atoms with Crippen molar-refractivity contribution in [1.82, 2.24) is 0 Å². The summed E-state index contributed by atoms with van der Waals surface area (Å²) < 4.78 is 0. The third kappa shape index (κ3) is 8.82. The predicted molar refractivity (Wildman–Crippen MR) is 18.4 cm³/mol. The number of carboxylic acid groups (broad SMARTS) is 1. The van der Waals surface area contributed by atoms with E-state index in [0.717, 1.165) is 0 Å². The van der Waals surface area contributed by atoms with Crippen LogP contribution in [0, 0.1) is 0 Å². The summed E-state index contributed by atoms with van der Waals surface area (Å²) in [7, 11) is 0. The number of carbonyl (C=O) groups is 1. The Morgan fingerprint density at radius 1 is 1.83 bits per heavy atom. The first-order valence-electron chi connectivity index (χ1n) is 1.05. The molecule has 36 valence electrons. The molecule has 0 bridgehead atoms. The van der Waals surface area contributed by atoms with Crippen LogP contribution >= 0.6 is 11.6 Å². The van der Waals surface area contributed by atoms with Crippen LogP contribution in [-0.4, -0.2) is 17.0 Å². The van der Waals surface area contributed by atoms with Gasteiger partial charge < -0.3 is 5.11 Å². The molecule has 0 aliphatic heterocycles. The van der Waals surface area contributed by atoms with Crippen molar-refractivity contribution in [1.29, 1.82) is 0 Å². The number of hydrogen-bond donors (Lipinski definition) is 1. The molecule has 0 aromatic heterocycles. The predicted octanol–water partition coefficient (Wildman–Crippen LogP) is 0.307. The number of alkyl halides is 1. The van der Waals surface area contributed by atoms with E-state index in [-0.39, 0.29) is 26.9 Å². The molecule has 0 rings (SSSR count). The van der Waals surface area contributed by atoms with Crippen LogP contribution in [-0.2, 0) is 25.9 Å². The molecule has 0 saturated heterocycles. The quantitative estimate of drug-likeness (QED) is 0.701. The van der Waals surface area contributed by atoms with Gasteiger partial charge in [-0.2, -0.15) is 0 Å². The molecule has 0 spiro atoms. The minimum absolute atomic E-state index is 0. The van der Waals surface area contributed by atoms with Crippen LogP contribution in [0.4, 0.5) is 0 Å². The second kappa shape index (κ2) is 5.45. The molecule has 6 heavy (non-hydrogen) atoms. The first-order chi connectivity index (χ1) is 2.27. The molecule has 0 aromatic carbocycles. The number of hydrogen-bond acceptors (Lipinski definition) is 1. The van der Waals surface area contributed by atoms with E-state index in [1.54, 1.807) is 0 Å². The standard InChI is InChI=1S/C2H3ClO2.W/c3-1-2(4)5;/h1H2,(H,4,5);. The molecule has 0 fully saturated rings. The zero-order valence-corrected chi connectivity index (χ0v) is 6.54. The minimum atomic E-state index is -0.980. The Balaban J connectivity index is 0. The zero-order chi connectivity index (χ0) is 4.28. The topological polar surface area (TPSA) is 37.3 Å². The average Bonchev–Trinajstić information content (AvgIpc) is 1.38. The van der Waals surface area contributed by atoms with Crippen LogP contribution in [0.5, 0.6) is 0 Å². The van der Waals surface area contributed by atoms with E-state index in [1.807, 2.05) is 0 Å². The first-order valence-corrected chi connectivity index (χ1v) is 1.58. The number of halogens is 1. The first kappa shape index (κ1) is 9.67. The summed E-state index contributed by atoms with van der Waals surface area (Å²) in [6.07, 6.45) is 0. The molecule has 0 unspecified atom stereocenters. The van der Waals surface area contributed by atoms with Crippen molar-refractivity contribution in [3.05, 3.63) is 0 Å². The number of carboxylic acids is 1. The fourth-order valence-corrected chi connectivity index (χ4v) is 0. The minimum Gasteiger partial charge on any atom is -0.480 e. The fourth-order valence-electron chi connectivity index (χ4n) is 0. The average molecular weight is 278 g/mol. The Morgan fingerprint density at radius 3 is 2.00 bits per heavy atom. The fraction of sp³-hybridized carbons (Fsp3) is 0.500. The Hall–Kier alpha value is 0.448. The van der Waals surface area contributed by atoms with Gasteiger partial charge in [0.2, 0.25) is 0 Å². The van der Waals surface area contributed by atoms with E-state index >= 15 is 0 Å². The third-order valence-corrected chi connectivity index (χ3v) is 0.343. The summed E-state index contributed by atoms with van der Waals surface area (Å²) >= 11 is 4.74. The van der Waals surface area contributed by atoms with Gasteiger partial charge >= 0.3 is 5.97 Å². The van der Waals surface area contributed by atoms with Gasteiger partial charge in [-0.05, 0) is 0 Å². The third-order valence-electron chi connectivity index (χ3n) is 0.114. The van der Waals surface area contributed by atoms with Gasteiger partial charge in [0.1, 0.15) is 5.88 Å². The van der Waals surface area contributed by atoms with Gasteiger partial charge in [-0.1, -0.05) is 0 Å². The summed E-state index contributed by atoms with van der Waals surface area (Å²) in [5, 5.41) is 7.59. The van der Waals surface area contributed by atoms with Crippen LogP contribution in [0.2, 0.25) is 0 Å². The van der Waals surface area contributed by atoms with Gasteiger partial charge in [0.25, 0.3) is 0 Å². The maximum Gasteiger partial charge on any atom is 0.318 e. The van der Waals surface area contributed by atoms with Crippen LogP contribution in [0.25, 0.3) is 0 Å². The van der Waals surface area contributed by atoms with Crippen molar-refractivity contribution in [3.8, 4) is 0 Å². The summed E-state index contributed by atoms with van der Waals surface area (Å²) in [5.74, 6) is -1.29. The van der Waals surface area contributed by atoms with Gasteiger partial charge in [0, 0.05) is 21.1 Å². The van der Waals surface area contributed by atoms with Gasteiger partial charge in [0.15, 0.2) is 0 Å². The molecule has 0 radical (unpaired) electrons. The van der Waals surface area contributed by atoms with E-state index in [9.17, 15) is 4.79 Å². The van der Waals surface area contributed by atoms with Gasteiger partial charge in [-0.25, -0.2) is 0 Å². The van der Waals surface area contributed by atoms with Crippen LogP contribution in [0.3, 0.4) is 0 Å². The summed E-state index contributed by atoms with van der Waals surface area (Å²) in [5.41, 5.74) is 0. The molecule has 1 N–H and O–H groups in total. The largest absolute Gasteiger partial charge is 0.480 e. The van der Waals surface area contributed by atoms with E-state index in [0.29, 0.717) is 0 Å². The molecular formula is C2H3ClO2W. The maximum absolute atomic E-state index is 9.24. The van der Waals surface area contributed by atoms with Crippen molar-refractivity contribution in [3.63, 3.8) is 0 Å². The van der Waals surface area contributed by atoms with Crippen molar-refractivity contribution in [2.75, 3.05) is 5.88 Å². The van der Waals surface area contributed by atoms with E-state index < -0.39 is 5.97 Å². The number of aliphatic carboxylic acids is 1. The van der Waals surface area contributed by atoms with Crippen molar-refractivity contribution >= 4 is 17.6 Å². The summed E-state index contributed by atoms with van der Waals surface area (Å²) in [4.78, 5) is 9.24. The van der Waals surface area contributed by atoms with Crippen molar-refractivity contribution in [2.24, 2.45) is 0 Å². The Labute approximate surface area is 54.8 Å². The second-order valence-electron chi connectivity index (χ2n) is 0.527. The Morgan fingerprint density at radius 2 is 2.00 bits per heavy atom. The Kier molecular flexibility index (Phi) is 8.78. The van der Waals surface area contributed by atoms with Gasteiger partial charge in [0.05, 0.1) is 0 Å². The second-order valence-corrected chi connectivity index (χ2v) is 0.795. The Bertz CT molecular complexity index is 46.8. The van der Waals surface area contributed by atoms with E-state index in [2.05, 4.69) is 0 Å². The zero-order valence-electron chi connectivity index (χ0n) is 2.85. The smallest absolute Gasteiger partial charge is 0.318 e. The SMILES string of the molecule is O=C(O)CCl.[W]. The summed E-state index contributed by atoms with van der Waals surface area (Å²) in [6, 6.07) is 0. The molecule has 2 nitrogen and oxygen atoms in total. The van der Waals surface area contributed by atoms with Crippen molar-refractivity contribution < 1.29 is 31.0 Å². The molecular weight excluding hydrogens is 275 g/mol. The van der Waals surface area contributed by atoms with Crippen molar-refractivity contribution in [2.45, 2.75) is 0 Å².